The van der Waals surface area contributed by atoms with Gasteiger partial charge in [-0.25, -0.2) is 0 Å². The van der Waals surface area contributed by atoms with E-state index in [9.17, 15) is 0 Å². The third-order valence-electron chi connectivity index (χ3n) is 3.35. The Kier molecular flexibility index (Phi) is 4.07. The van der Waals surface area contributed by atoms with Crippen molar-refractivity contribution in [3.63, 3.8) is 0 Å². The fourth-order valence-corrected chi connectivity index (χ4v) is 3.33. The van der Waals surface area contributed by atoms with Gasteiger partial charge in [0.1, 0.15) is 0 Å². The van der Waals surface area contributed by atoms with Crippen LogP contribution in [0, 0.1) is 6.92 Å². The van der Waals surface area contributed by atoms with Crippen molar-refractivity contribution in [3.05, 3.63) is 71.3 Å². The van der Waals surface area contributed by atoms with E-state index in [1.165, 1.54) is 16.7 Å². The van der Waals surface area contributed by atoms with Crippen LogP contribution >= 0.6 is 11.8 Å². The van der Waals surface area contributed by atoms with E-state index >= 15 is 0 Å². The zero-order valence-electron chi connectivity index (χ0n) is 11.5. The highest BCUT2D eigenvalue weighted by atomic mass is 32.2. The molecule has 2 nitrogen and oxygen atoms in total. The molecule has 20 heavy (non-hydrogen) atoms. The lowest BCUT2D eigenvalue weighted by molar-refractivity contribution is 0.910. The molecule has 0 saturated heterocycles. The molecule has 1 aliphatic heterocycles. The summed E-state index contributed by atoms with van der Waals surface area (Å²) in [7, 11) is 0. The van der Waals surface area contributed by atoms with Crippen LogP contribution in [0.3, 0.4) is 0 Å². The molecule has 2 aromatic carbocycles. The summed E-state index contributed by atoms with van der Waals surface area (Å²) in [6, 6.07) is 19.2. The molecule has 1 N–H and O–H groups in total. The molecule has 0 spiro atoms. The van der Waals surface area contributed by atoms with E-state index in [1.54, 1.807) is 0 Å². The Morgan fingerprint density at radius 1 is 1.15 bits per heavy atom. The van der Waals surface area contributed by atoms with Crippen molar-refractivity contribution in [1.29, 1.82) is 0 Å². The van der Waals surface area contributed by atoms with Crippen LogP contribution in [0.25, 0.3) is 0 Å². The molecule has 0 radical (unpaired) electrons. The quantitative estimate of drug-likeness (QED) is 0.922. The van der Waals surface area contributed by atoms with Gasteiger partial charge in [0.05, 0.1) is 11.8 Å². The first-order chi connectivity index (χ1) is 9.81. The van der Waals surface area contributed by atoms with Crippen LogP contribution in [-0.4, -0.2) is 11.7 Å². The van der Waals surface area contributed by atoms with Crippen LogP contribution in [0.5, 0.6) is 0 Å². The second-order valence-electron chi connectivity index (χ2n) is 5.01. The van der Waals surface area contributed by atoms with E-state index in [2.05, 4.69) is 71.8 Å². The normalized spacial score (nSPS) is 17.9. The molecule has 0 aromatic heterocycles. The van der Waals surface area contributed by atoms with E-state index in [0.717, 1.165) is 18.3 Å². The molecular weight excluding hydrogens is 264 g/mol. The van der Waals surface area contributed by atoms with E-state index in [0.29, 0.717) is 5.25 Å². The second-order valence-corrected chi connectivity index (χ2v) is 6.20. The molecule has 0 aliphatic carbocycles. The molecule has 0 fully saturated rings. The van der Waals surface area contributed by atoms with Gasteiger partial charge in [0, 0.05) is 6.54 Å². The summed E-state index contributed by atoms with van der Waals surface area (Å²) in [6.45, 7) is 3.83. The first kappa shape index (κ1) is 13.3. The molecule has 0 amide bonds. The van der Waals surface area contributed by atoms with Gasteiger partial charge in [0.25, 0.3) is 0 Å². The van der Waals surface area contributed by atoms with Crippen molar-refractivity contribution in [3.8, 4) is 0 Å². The first-order valence-corrected chi connectivity index (χ1v) is 7.75. The third-order valence-corrected chi connectivity index (χ3v) is 4.55. The molecular formula is C17H18N2S. The minimum Gasteiger partial charge on any atom is -0.361 e. The number of hydrogen-bond donors (Lipinski definition) is 1. The van der Waals surface area contributed by atoms with E-state index in [1.807, 2.05) is 11.8 Å². The summed E-state index contributed by atoms with van der Waals surface area (Å²) in [5.41, 5.74) is 3.96. The maximum atomic E-state index is 4.60. The standard InChI is InChI=1S/C17H18N2S/c1-13-6-5-7-14(10-13)11-18-17-19-12-16(20-17)15-8-3-2-4-9-15/h2-10,16H,11-12H2,1H3,(H,18,19). The Bertz CT molecular complexity index is 607. The van der Waals surface area contributed by atoms with Gasteiger partial charge in [0.15, 0.2) is 5.17 Å². The molecule has 3 rings (SSSR count). The lowest BCUT2D eigenvalue weighted by atomic mass is 10.1. The van der Waals surface area contributed by atoms with Gasteiger partial charge in [-0.1, -0.05) is 71.9 Å². The fraction of sp³-hybridized carbons (Fsp3) is 0.235. The summed E-state index contributed by atoms with van der Waals surface area (Å²) >= 11 is 1.83. The van der Waals surface area contributed by atoms with Crippen LogP contribution in [-0.2, 0) is 6.54 Å². The van der Waals surface area contributed by atoms with E-state index < -0.39 is 0 Å². The number of aliphatic imine (C=N–C) groups is 1. The molecule has 1 aliphatic rings. The minimum atomic E-state index is 0.455. The highest BCUT2D eigenvalue weighted by Crippen LogP contribution is 2.34. The van der Waals surface area contributed by atoms with Gasteiger partial charge in [-0.15, -0.1) is 0 Å². The number of nitrogens with zero attached hydrogens (tertiary/aromatic N) is 1. The van der Waals surface area contributed by atoms with Gasteiger partial charge in [-0.2, -0.15) is 0 Å². The average molecular weight is 282 g/mol. The van der Waals surface area contributed by atoms with Crippen LogP contribution in [0.15, 0.2) is 59.6 Å². The Hall–Kier alpha value is -1.74. The molecule has 3 heteroatoms. The maximum Gasteiger partial charge on any atom is 0.157 e. The van der Waals surface area contributed by atoms with Crippen LogP contribution in [0.4, 0.5) is 0 Å². The molecule has 2 aromatic rings. The Labute approximate surface area is 124 Å². The van der Waals surface area contributed by atoms with Crippen molar-refractivity contribution in [1.82, 2.24) is 5.32 Å². The Balaban J connectivity index is 1.56. The highest BCUT2D eigenvalue weighted by Gasteiger charge is 2.20. The summed E-state index contributed by atoms with van der Waals surface area (Å²) in [5, 5.41) is 4.95. The number of aryl methyl sites for hydroxylation is 1. The van der Waals surface area contributed by atoms with Crippen LogP contribution in [0.1, 0.15) is 21.9 Å². The summed E-state index contributed by atoms with van der Waals surface area (Å²) in [6.07, 6.45) is 0. The molecule has 0 saturated carbocycles. The largest absolute Gasteiger partial charge is 0.361 e. The maximum absolute atomic E-state index is 4.60. The van der Waals surface area contributed by atoms with Crippen molar-refractivity contribution in [2.24, 2.45) is 4.99 Å². The van der Waals surface area contributed by atoms with Crippen LogP contribution < -0.4 is 5.32 Å². The second kappa shape index (κ2) is 6.14. The zero-order chi connectivity index (χ0) is 13.8. The van der Waals surface area contributed by atoms with Gasteiger partial charge >= 0.3 is 0 Å². The molecule has 102 valence electrons. The fourth-order valence-electron chi connectivity index (χ4n) is 2.31. The van der Waals surface area contributed by atoms with Crippen LogP contribution in [0.2, 0.25) is 0 Å². The predicted molar refractivity (Wildman–Crippen MR) is 87.1 cm³/mol. The topological polar surface area (TPSA) is 24.4 Å². The van der Waals surface area contributed by atoms with Crippen molar-refractivity contribution in [2.75, 3.05) is 6.54 Å². The van der Waals surface area contributed by atoms with Crippen molar-refractivity contribution >= 4 is 16.9 Å². The van der Waals surface area contributed by atoms with Crippen molar-refractivity contribution < 1.29 is 0 Å². The monoisotopic (exact) mass is 282 g/mol. The van der Waals surface area contributed by atoms with E-state index in [-0.39, 0.29) is 0 Å². The SMILES string of the molecule is Cc1cccc(CNC2=NCC(c3ccccc3)S2)c1. The summed E-state index contributed by atoms with van der Waals surface area (Å²) in [5.74, 6) is 0. The summed E-state index contributed by atoms with van der Waals surface area (Å²) in [4.78, 5) is 4.60. The molecule has 1 unspecified atom stereocenters. The Morgan fingerprint density at radius 3 is 2.80 bits per heavy atom. The number of nitrogens with one attached hydrogen (secondary N) is 1. The number of benzene rings is 2. The van der Waals surface area contributed by atoms with Gasteiger partial charge in [-0.3, -0.25) is 4.99 Å². The Morgan fingerprint density at radius 2 is 2.00 bits per heavy atom. The molecule has 1 heterocycles. The smallest absolute Gasteiger partial charge is 0.157 e. The lowest BCUT2D eigenvalue weighted by Gasteiger charge is -2.09. The zero-order valence-corrected chi connectivity index (χ0v) is 12.4. The first-order valence-electron chi connectivity index (χ1n) is 6.87. The number of thioether (sulfide) groups is 1. The third kappa shape index (κ3) is 3.23. The lowest BCUT2D eigenvalue weighted by Crippen LogP contribution is -2.18. The van der Waals surface area contributed by atoms with Gasteiger partial charge in [0.2, 0.25) is 0 Å². The van der Waals surface area contributed by atoms with Crippen molar-refractivity contribution in [2.45, 2.75) is 18.7 Å². The van der Waals surface area contributed by atoms with Gasteiger partial charge in [-0.05, 0) is 18.1 Å². The minimum absolute atomic E-state index is 0.455. The number of amidine groups is 1. The van der Waals surface area contributed by atoms with Gasteiger partial charge < -0.3 is 5.32 Å². The molecule has 1 atom stereocenters. The average Bonchev–Trinajstić information content (AvgIpc) is 2.95. The molecule has 0 bridgehead atoms. The van der Waals surface area contributed by atoms with E-state index in [4.69, 9.17) is 0 Å². The number of rotatable bonds is 3. The predicted octanol–water partition coefficient (Wildman–Crippen LogP) is 3.93. The summed E-state index contributed by atoms with van der Waals surface area (Å²) < 4.78 is 0. The highest BCUT2D eigenvalue weighted by molar-refractivity contribution is 8.14. The number of hydrogen-bond acceptors (Lipinski definition) is 3.